The molecule has 3 rings (SSSR count). The average Bonchev–Trinajstić information content (AvgIpc) is 3.24. The predicted molar refractivity (Wildman–Crippen MR) is 76.3 cm³/mol. The van der Waals surface area contributed by atoms with Crippen molar-refractivity contribution >= 4 is 5.91 Å². The molecule has 1 atom stereocenters. The maximum Gasteiger partial charge on any atom is 0.222 e. The third kappa shape index (κ3) is 3.34. The van der Waals surface area contributed by atoms with E-state index in [0.29, 0.717) is 18.9 Å². The molecule has 0 aromatic heterocycles. The number of hydrogen-bond acceptors (Lipinski definition) is 3. The number of ether oxygens (including phenoxy) is 1. The van der Waals surface area contributed by atoms with Gasteiger partial charge in [-0.2, -0.15) is 0 Å². The highest BCUT2D eigenvalue weighted by molar-refractivity contribution is 5.76. The molecular formula is C16H27NO3. The highest BCUT2D eigenvalue weighted by Gasteiger charge is 2.48. The zero-order valence-electron chi connectivity index (χ0n) is 12.4. The van der Waals surface area contributed by atoms with Crippen molar-refractivity contribution in [2.75, 3.05) is 26.3 Å². The van der Waals surface area contributed by atoms with Crippen LogP contribution in [0.5, 0.6) is 0 Å². The monoisotopic (exact) mass is 281 g/mol. The summed E-state index contributed by atoms with van der Waals surface area (Å²) in [7, 11) is 0. The van der Waals surface area contributed by atoms with Gasteiger partial charge in [0.2, 0.25) is 5.91 Å². The van der Waals surface area contributed by atoms with Gasteiger partial charge in [-0.1, -0.05) is 0 Å². The number of likely N-dealkylation sites (tertiary alicyclic amines) is 1. The fraction of sp³-hybridized carbons (Fsp3) is 0.938. The van der Waals surface area contributed by atoms with E-state index in [4.69, 9.17) is 4.74 Å². The minimum Gasteiger partial charge on any atom is -0.388 e. The minimum atomic E-state index is -0.559. The Labute approximate surface area is 121 Å². The van der Waals surface area contributed by atoms with E-state index in [1.807, 2.05) is 4.90 Å². The van der Waals surface area contributed by atoms with Crippen molar-refractivity contribution in [3.63, 3.8) is 0 Å². The first-order chi connectivity index (χ1) is 9.67. The van der Waals surface area contributed by atoms with Crippen LogP contribution in [-0.4, -0.2) is 47.8 Å². The third-order valence-corrected chi connectivity index (χ3v) is 5.31. The van der Waals surface area contributed by atoms with E-state index < -0.39 is 5.60 Å². The summed E-state index contributed by atoms with van der Waals surface area (Å²) in [5, 5.41) is 10.5. The molecule has 1 amide bonds. The van der Waals surface area contributed by atoms with Gasteiger partial charge in [-0.25, -0.2) is 0 Å². The van der Waals surface area contributed by atoms with Gasteiger partial charge in [0, 0.05) is 32.7 Å². The Hall–Kier alpha value is -0.610. The van der Waals surface area contributed by atoms with Crippen molar-refractivity contribution in [3.8, 4) is 0 Å². The lowest BCUT2D eigenvalue weighted by atomic mass is 9.94. The Morgan fingerprint density at radius 1 is 1.25 bits per heavy atom. The maximum absolute atomic E-state index is 12.2. The van der Waals surface area contributed by atoms with Gasteiger partial charge in [-0.3, -0.25) is 4.79 Å². The molecule has 2 saturated heterocycles. The third-order valence-electron chi connectivity index (χ3n) is 5.31. The van der Waals surface area contributed by atoms with Crippen LogP contribution in [0.15, 0.2) is 0 Å². The molecule has 20 heavy (non-hydrogen) atoms. The lowest BCUT2D eigenvalue weighted by Crippen LogP contribution is -2.37. The topological polar surface area (TPSA) is 49.8 Å². The maximum atomic E-state index is 12.2. The minimum absolute atomic E-state index is 0.244. The zero-order valence-corrected chi connectivity index (χ0v) is 12.4. The predicted octanol–water partition coefficient (Wildman–Crippen LogP) is 1.96. The molecule has 0 aromatic carbocycles. The first-order valence-corrected chi connectivity index (χ1v) is 8.25. The summed E-state index contributed by atoms with van der Waals surface area (Å²) in [6.07, 6.45) is 8.16. The van der Waals surface area contributed by atoms with Crippen LogP contribution in [-0.2, 0) is 9.53 Å². The van der Waals surface area contributed by atoms with Crippen molar-refractivity contribution in [1.29, 1.82) is 0 Å². The van der Waals surface area contributed by atoms with Crippen molar-refractivity contribution in [2.24, 2.45) is 11.8 Å². The van der Waals surface area contributed by atoms with Gasteiger partial charge in [-0.15, -0.1) is 0 Å². The van der Waals surface area contributed by atoms with E-state index in [0.717, 1.165) is 70.6 Å². The standard InChI is InChI=1S/C16H27NO3/c18-15(3-1-2-13-6-10-20-11-7-13)17-9-8-16(19,12-17)14-4-5-14/h13-14,19H,1-12H2. The van der Waals surface area contributed by atoms with E-state index in [1.54, 1.807) is 0 Å². The largest absolute Gasteiger partial charge is 0.388 e. The van der Waals surface area contributed by atoms with E-state index >= 15 is 0 Å². The molecule has 1 saturated carbocycles. The van der Waals surface area contributed by atoms with Gasteiger partial charge in [0.15, 0.2) is 0 Å². The molecule has 0 aromatic rings. The second kappa shape index (κ2) is 6.02. The molecule has 3 aliphatic rings. The van der Waals surface area contributed by atoms with Gasteiger partial charge in [0.1, 0.15) is 0 Å². The summed E-state index contributed by atoms with van der Waals surface area (Å²) >= 11 is 0. The molecule has 2 heterocycles. The number of hydrogen-bond donors (Lipinski definition) is 1. The number of carbonyl (C=O) groups excluding carboxylic acids is 1. The molecule has 1 N–H and O–H groups in total. The van der Waals surface area contributed by atoms with E-state index in [1.165, 1.54) is 0 Å². The van der Waals surface area contributed by atoms with Crippen LogP contribution in [0.4, 0.5) is 0 Å². The summed E-state index contributed by atoms with van der Waals surface area (Å²) in [5.74, 6) is 1.45. The molecule has 0 bridgehead atoms. The molecule has 1 aliphatic carbocycles. The van der Waals surface area contributed by atoms with Crippen molar-refractivity contribution in [3.05, 3.63) is 0 Å². The Bertz CT molecular complexity index is 350. The van der Waals surface area contributed by atoms with Crippen LogP contribution in [0.3, 0.4) is 0 Å². The summed E-state index contributed by atoms with van der Waals surface area (Å²) in [5.41, 5.74) is -0.559. The number of β-amino-alcohol motifs (C(OH)–C–C–N with tert-alkyl or cyclic N) is 1. The van der Waals surface area contributed by atoms with Crippen LogP contribution in [0.2, 0.25) is 0 Å². The zero-order chi connectivity index (χ0) is 14.0. The fourth-order valence-corrected chi connectivity index (χ4v) is 3.72. The number of aliphatic hydroxyl groups is 1. The summed E-state index contributed by atoms with van der Waals surface area (Å²) in [6, 6.07) is 0. The lowest BCUT2D eigenvalue weighted by molar-refractivity contribution is -0.131. The fourth-order valence-electron chi connectivity index (χ4n) is 3.72. The van der Waals surface area contributed by atoms with Crippen molar-refractivity contribution < 1.29 is 14.6 Å². The van der Waals surface area contributed by atoms with Gasteiger partial charge in [0.25, 0.3) is 0 Å². The Morgan fingerprint density at radius 2 is 2.00 bits per heavy atom. The van der Waals surface area contributed by atoms with Gasteiger partial charge in [0.05, 0.1) is 5.60 Å². The molecule has 3 fully saturated rings. The SMILES string of the molecule is O=C(CCCC1CCOCC1)N1CCC(O)(C2CC2)C1. The molecule has 4 nitrogen and oxygen atoms in total. The second-order valence-corrected chi connectivity index (χ2v) is 6.89. The highest BCUT2D eigenvalue weighted by Crippen LogP contribution is 2.44. The molecule has 114 valence electrons. The Morgan fingerprint density at radius 3 is 2.70 bits per heavy atom. The normalized spacial score (nSPS) is 31.8. The van der Waals surface area contributed by atoms with E-state index in [2.05, 4.69) is 0 Å². The van der Waals surface area contributed by atoms with Crippen LogP contribution < -0.4 is 0 Å². The van der Waals surface area contributed by atoms with E-state index in [-0.39, 0.29) is 5.91 Å². The highest BCUT2D eigenvalue weighted by atomic mass is 16.5. The van der Waals surface area contributed by atoms with Crippen LogP contribution in [0, 0.1) is 11.8 Å². The molecule has 0 radical (unpaired) electrons. The smallest absolute Gasteiger partial charge is 0.222 e. The lowest BCUT2D eigenvalue weighted by Gasteiger charge is -2.24. The molecular weight excluding hydrogens is 254 g/mol. The second-order valence-electron chi connectivity index (χ2n) is 6.89. The van der Waals surface area contributed by atoms with Crippen LogP contribution in [0.25, 0.3) is 0 Å². The summed E-state index contributed by atoms with van der Waals surface area (Å²) in [6.45, 7) is 3.11. The van der Waals surface area contributed by atoms with Gasteiger partial charge in [-0.05, 0) is 56.8 Å². The first-order valence-electron chi connectivity index (χ1n) is 8.25. The summed E-state index contributed by atoms with van der Waals surface area (Å²) < 4.78 is 5.36. The number of carbonyl (C=O) groups is 1. The van der Waals surface area contributed by atoms with Crippen LogP contribution >= 0.6 is 0 Å². The van der Waals surface area contributed by atoms with E-state index in [9.17, 15) is 9.90 Å². The molecule has 4 heteroatoms. The number of nitrogens with zero attached hydrogens (tertiary/aromatic N) is 1. The van der Waals surface area contributed by atoms with Crippen LogP contribution in [0.1, 0.15) is 51.4 Å². The average molecular weight is 281 g/mol. The van der Waals surface area contributed by atoms with Crippen molar-refractivity contribution in [2.45, 2.75) is 57.0 Å². The molecule has 1 unspecified atom stereocenters. The quantitative estimate of drug-likeness (QED) is 0.838. The number of rotatable bonds is 5. The summed E-state index contributed by atoms with van der Waals surface area (Å²) in [4.78, 5) is 14.1. The number of amides is 1. The Balaban J connectivity index is 1.36. The molecule has 2 aliphatic heterocycles. The van der Waals surface area contributed by atoms with Crippen molar-refractivity contribution in [1.82, 2.24) is 4.90 Å². The molecule has 0 spiro atoms. The van der Waals surface area contributed by atoms with Gasteiger partial charge < -0.3 is 14.7 Å². The Kier molecular flexibility index (Phi) is 4.32. The van der Waals surface area contributed by atoms with Gasteiger partial charge >= 0.3 is 0 Å². The first kappa shape index (κ1) is 14.3.